The molecule has 0 aromatic carbocycles. The van der Waals surface area contributed by atoms with Gasteiger partial charge >= 0.3 is 11.9 Å². The molecule has 1 heterocycles. The predicted molar refractivity (Wildman–Crippen MR) is 82.2 cm³/mol. The number of aromatic amines is 1. The van der Waals surface area contributed by atoms with Crippen molar-refractivity contribution in [1.82, 2.24) is 4.98 Å². The summed E-state index contributed by atoms with van der Waals surface area (Å²) in [6.07, 6.45) is 1.40. The molecule has 7 heteroatoms. The van der Waals surface area contributed by atoms with Crippen LogP contribution in [0.3, 0.4) is 0 Å². The summed E-state index contributed by atoms with van der Waals surface area (Å²) in [5.74, 6) is -1.13. The summed E-state index contributed by atoms with van der Waals surface area (Å²) < 4.78 is 10.3. The molecule has 0 saturated carbocycles. The Hall–Kier alpha value is -1.38. The number of aromatic nitrogens is 1. The fraction of sp³-hybridized carbons (Fsp3) is 0.500. The summed E-state index contributed by atoms with van der Waals surface area (Å²) >= 11 is 2.08. The van der Waals surface area contributed by atoms with Gasteiger partial charge in [-0.15, -0.1) is 0 Å². The molecular weight excluding hydrogens is 389 g/mol. The first-order valence-electron chi connectivity index (χ1n) is 6.57. The Bertz CT molecular complexity index is 592. The van der Waals surface area contributed by atoms with Crippen molar-refractivity contribution in [2.24, 2.45) is 0 Å². The number of halogens is 1. The van der Waals surface area contributed by atoms with Crippen LogP contribution in [0.4, 0.5) is 0 Å². The lowest BCUT2D eigenvalue weighted by Crippen LogP contribution is -2.23. The van der Waals surface area contributed by atoms with E-state index < -0.39 is 5.92 Å². The third kappa shape index (κ3) is 3.12. The molecule has 0 aliphatic heterocycles. The van der Waals surface area contributed by atoms with E-state index >= 15 is 0 Å². The molecule has 1 N–H and O–H groups in total. The van der Waals surface area contributed by atoms with Crippen molar-refractivity contribution in [2.75, 3.05) is 14.2 Å². The van der Waals surface area contributed by atoms with E-state index in [0.717, 1.165) is 9.26 Å². The predicted octanol–water partition coefficient (Wildman–Crippen LogP) is 1.96. The van der Waals surface area contributed by atoms with Gasteiger partial charge in [-0.3, -0.25) is 14.4 Å². The monoisotopic (exact) mass is 405 g/mol. The smallest absolute Gasteiger partial charge is 0.313 e. The largest absolute Gasteiger partial charge is 0.469 e. The van der Waals surface area contributed by atoms with Gasteiger partial charge in [0.1, 0.15) is 0 Å². The summed E-state index contributed by atoms with van der Waals surface area (Å²) in [6.45, 7) is 0. The molecule has 21 heavy (non-hydrogen) atoms. The average Bonchev–Trinajstić information content (AvgIpc) is 2.82. The van der Waals surface area contributed by atoms with Crippen molar-refractivity contribution < 1.29 is 23.9 Å². The van der Waals surface area contributed by atoms with Gasteiger partial charge in [0, 0.05) is 12.8 Å². The number of hydrogen-bond donors (Lipinski definition) is 1. The highest BCUT2D eigenvalue weighted by Gasteiger charge is 2.36. The number of hydrogen-bond acceptors (Lipinski definition) is 5. The normalized spacial score (nSPS) is 17.3. The Morgan fingerprint density at radius 3 is 2.67 bits per heavy atom. The van der Waals surface area contributed by atoms with Gasteiger partial charge < -0.3 is 14.5 Å². The Labute approximate surface area is 135 Å². The molecule has 0 radical (unpaired) electrons. The maximum Gasteiger partial charge on any atom is 0.313 e. The molecule has 1 aromatic rings. The fourth-order valence-corrected chi connectivity index (χ4v) is 3.45. The van der Waals surface area contributed by atoms with Crippen molar-refractivity contribution in [1.29, 1.82) is 0 Å². The Balaban J connectivity index is 2.40. The maximum atomic E-state index is 12.0. The third-order valence-corrected chi connectivity index (χ3v) is 4.59. The zero-order chi connectivity index (χ0) is 15.6. The number of nitrogens with one attached hydrogen (secondary N) is 1. The second-order valence-corrected chi connectivity index (χ2v) is 5.90. The van der Waals surface area contributed by atoms with Gasteiger partial charge in [0.25, 0.3) is 0 Å². The van der Waals surface area contributed by atoms with E-state index in [1.807, 2.05) is 0 Å². The van der Waals surface area contributed by atoms with E-state index in [1.54, 1.807) is 0 Å². The van der Waals surface area contributed by atoms with Gasteiger partial charge in [0.05, 0.1) is 29.5 Å². The maximum absolute atomic E-state index is 12.0. The highest BCUT2D eigenvalue weighted by Crippen LogP contribution is 2.37. The van der Waals surface area contributed by atoms with Crippen molar-refractivity contribution in [3.05, 3.63) is 20.5 Å². The van der Waals surface area contributed by atoms with Crippen LogP contribution in [0.5, 0.6) is 0 Å². The van der Waals surface area contributed by atoms with E-state index in [-0.39, 0.29) is 24.1 Å². The van der Waals surface area contributed by atoms with Crippen LogP contribution in [0.2, 0.25) is 0 Å². The van der Waals surface area contributed by atoms with E-state index in [1.165, 1.54) is 14.2 Å². The lowest BCUT2D eigenvalue weighted by Gasteiger charge is -2.21. The van der Waals surface area contributed by atoms with Crippen molar-refractivity contribution in [3.8, 4) is 0 Å². The molecule has 0 amide bonds. The lowest BCUT2D eigenvalue weighted by atomic mass is 9.83. The number of ether oxygens (including phenoxy) is 2. The highest BCUT2D eigenvalue weighted by atomic mass is 127. The van der Waals surface area contributed by atoms with Crippen molar-refractivity contribution in [3.63, 3.8) is 0 Å². The average molecular weight is 405 g/mol. The Kier molecular flexibility index (Phi) is 5.02. The highest BCUT2D eigenvalue weighted by molar-refractivity contribution is 14.1. The molecule has 1 aliphatic carbocycles. The van der Waals surface area contributed by atoms with Gasteiger partial charge in [-0.1, -0.05) is 0 Å². The lowest BCUT2D eigenvalue weighted by molar-refractivity contribution is -0.142. The minimum Gasteiger partial charge on any atom is -0.469 e. The number of H-pyrrole nitrogens is 1. The molecule has 2 rings (SSSR count). The van der Waals surface area contributed by atoms with Crippen LogP contribution in [-0.4, -0.2) is 36.9 Å². The van der Waals surface area contributed by atoms with Crippen LogP contribution in [0.15, 0.2) is 0 Å². The standard InChI is InChI=1S/C14H16INO5/c1-20-10(18)6-4-7-11-8(14(19)21-2)3-5-9(17)12(11)16-13(7)15/h8,16H,3-6H2,1-2H3. The van der Waals surface area contributed by atoms with Crippen LogP contribution in [-0.2, 0) is 25.5 Å². The molecule has 1 atom stereocenters. The summed E-state index contributed by atoms with van der Waals surface area (Å²) in [7, 11) is 2.67. The summed E-state index contributed by atoms with van der Waals surface area (Å²) in [5.41, 5.74) is 1.99. The molecule has 0 fully saturated rings. The number of rotatable bonds is 4. The van der Waals surface area contributed by atoms with Crippen molar-refractivity contribution >= 4 is 40.3 Å². The van der Waals surface area contributed by atoms with Crippen LogP contribution >= 0.6 is 22.6 Å². The molecular formula is C14H16INO5. The number of fused-ring (bicyclic) bond motifs is 1. The second-order valence-electron chi connectivity index (χ2n) is 4.82. The quantitative estimate of drug-likeness (QED) is 0.612. The first-order chi connectivity index (χ1) is 9.99. The second kappa shape index (κ2) is 6.59. The first-order valence-corrected chi connectivity index (χ1v) is 7.65. The van der Waals surface area contributed by atoms with E-state index in [2.05, 4.69) is 32.3 Å². The van der Waals surface area contributed by atoms with Gasteiger partial charge in [-0.2, -0.15) is 0 Å². The Morgan fingerprint density at radius 2 is 2.05 bits per heavy atom. The molecule has 0 saturated heterocycles. The summed E-state index contributed by atoms with van der Waals surface area (Å²) in [5, 5.41) is 0. The number of carbonyl (C=O) groups is 3. The minimum atomic E-state index is -0.449. The number of ketones is 1. The van der Waals surface area contributed by atoms with Gasteiger partial charge in [0.15, 0.2) is 5.78 Å². The number of Topliss-reactive ketones (excluding diaryl/α,β-unsaturated/α-hetero) is 1. The molecule has 1 aromatic heterocycles. The van der Waals surface area contributed by atoms with Crippen LogP contribution in [0.25, 0.3) is 0 Å². The molecule has 6 nitrogen and oxygen atoms in total. The molecule has 0 spiro atoms. The zero-order valence-electron chi connectivity index (χ0n) is 11.8. The first kappa shape index (κ1) is 16.0. The molecule has 114 valence electrons. The number of carbonyl (C=O) groups excluding carboxylic acids is 3. The van der Waals surface area contributed by atoms with Crippen LogP contribution < -0.4 is 0 Å². The molecule has 0 bridgehead atoms. The van der Waals surface area contributed by atoms with E-state index in [4.69, 9.17) is 4.74 Å². The minimum absolute atomic E-state index is 0.00705. The zero-order valence-corrected chi connectivity index (χ0v) is 14.0. The van der Waals surface area contributed by atoms with E-state index in [9.17, 15) is 14.4 Å². The topological polar surface area (TPSA) is 85.5 Å². The number of methoxy groups -OCH3 is 2. The fourth-order valence-electron chi connectivity index (χ4n) is 2.62. The van der Waals surface area contributed by atoms with Gasteiger partial charge in [-0.25, -0.2) is 0 Å². The van der Waals surface area contributed by atoms with E-state index in [0.29, 0.717) is 30.5 Å². The van der Waals surface area contributed by atoms with Crippen LogP contribution in [0.1, 0.15) is 46.8 Å². The number of esters is 2. The molecule has 1 aliphatic rings. The summed E-state index contributed by atoms with van der Waals surface area (Å²) in [4.78, 5) is 38.3. The molecule has 1 unspecified atom stereocenters. The van der Waals surface area contributed by atoms with Gasteiger partial charge in [-0.05, 0) is 46.6 Å². The Morgan fingerprint density at radius 1 is 1.33 bits per heavy atom. The third-order valence-electron chi connectivity index (χ3n) is 3.67. The van der Waals surface area contributed by atoms with Crippen molar-refractivity contribution in [2.45, 2.75) is 31.6 Å². The summed E-state index contributed by atoms with van der Waals surface area (Å²) in [6, 6.07) is 0. The van der Waals surface area contributed by atoms with Gasteiger partial charge in [0.2, 0.25) is 0 Å². The SMILES string of the molecule is COC(=O)CCc1c(I)[nH]c2c1C(C(=O)OC)CCC2=O. The van der Waals surface area contributed by atoms with Crippen LogP contribution in [0, 0.1) is 3.70 Å².